The summed E-state index contributed by atoms with van der Waals surface area (Å²) in [5, 5.41) is 0. The number of ether oxygens (including phenoxy) is 2. The van der Waals surface area contributed by atoms with Gasteiger partial charge in [-0.1, -0.05) is 0 Å². The summed E-state index contributed by atoms with van der Waals surface area (Å²) < 4.78 is 10.0. The molecular formula is C12H24N2O3. The van der Waals surface area contributed by atoms with Crippen LogP contribution in [0.2, 0.25) is 0 Å². The lowest BCUT2D eigenvalue weighted by Crippen LogP contribution is -2.51. The predicted octanol–water partition coefficient (Wildman–Crippen LogP) is 0.379. The van der Waals surface area contributed by atoms with E-state index in [2.05, 4.69) is 0 Å². The standard InChI is InChI=1S/C12H24N2O3/c1-16-8-6-14(7-9-17-2)11(15)10-12(13)4-3-5-12/h3-10,13H2,1-2H3. The summed E-state index contributed by atoms with van der Waals surface area (Å²) in [7, 11) is 3.27. The quantitative estimate of drug-likeness (QED) is 0.670. The molecule has 0 bridgehead atoms. The lowest BCUT2D eigenvalue weighted by molar-refractivity contribution is -0.134. The molecule has 0 atom stereocenters. The number of methoxy groups -OCH3 is 2. The van der Waals surface area contributed by atoms with Gasteiger partial charge in [0.05, 0.1) is 13.2 Å². The first-order chi connectivity index (χ1) is 8.11. The molecule has 0 radical (unpaired) electrons. The number of carbonyl (C=O) groups is 1. The molecule has 0 aromatic rings. The molecule has 0 saturated heterocycles. The highest BCUT2D eigenvalue weighted by Gasteiger charge is 2.35. The van der Waals surface area contributed by atoms with Crippen LogP contribution in [0.3, 0.4) is 0 Å². The third kappa shape index (κ3) is 4.61. The van der Waals surface area contributed by atoms with Gasteiger partial charge in [-0.15, -0.1) is 0 Å². The minimum Gasteiger partial charge on any atom is -0.383 e. The Morgan fingerprint density at radius 3 is 2.12 bits per heavy atom. The number of nitrogens with zero attached hydrogens (tertiary/aromatic N) is 1. The van der Waals surface area contributed by atoms with Crippen LogP contribution in [0.25, 0.3) is 0 Å². The van der Waals surface area contributed by atoms with Gasteiger partial charge >= 0.3 is 0 Å². The van der Waals surface area contributed by atoms with Crippen LogP contribution in [0.5, 0.6) is 0 Å². The molecule has 2 N–H and O–H groups in total. The zero-order valence-electron chi connectivity index (χ0n) is 10.9. The number of hydrogen-bond acceptors (Lipinski definition) is 4. The van der Waals surface area contributed by atoms with Crippen LogP contribution in [-0.4, -0.2) is 56.9 Å². The van der Waals surface area contributed by atoms with Gasteiger partial charge in [0.15, 0.2) is 0 Å². The summed E-state index contributed by atoms with van der Waals surface area (Å²) in [6, 6.07) is 0. The van der Waals surface area contributed by atoms with E-state index in [0.29, 0.717) is 32.7 Å². The first-order valence-electron chi connectivity index (χ1n) is 6.16. The maximum absolute atomic E-state index is 12.1. The molecule has 0 spiro atoms. The van der Waals surface area contributed by atoms with Gasteiger partial charge in [-0.25, -0.2) is 0 Å². The summed E-state index contributed by atoms with van der Waals surface area (Å²) in [5.74, 6) is 0.112. The van der Waals surface area contributed by atoms with Gasteiger partial charge in [-0.3, -0.25) is 4.79 Å². The molecule has 1 aliphatic carbocycles. The van der Waals surface area contributed by atoms with Crippen molar-refractivity contribution in [2.45, 2.75) is 31.2 Å². The molecule has 0 unspecified atom stereocenters. The highest BCUT2D eigenvalue weighted by atomic mass is 16.5. The van der Waals surface area contributed by atoms with Crippen LogP contribution >= 0.6 is 0 Å². The Balaban J connectivity index is 2.40. The minimum atomic E-state index is -0.254. The molecule has 1 rings (SSSR count). The van der Waals surface area contributed by atoms with Crippen molar-refractivity contribution < 1.29 is 14.3 Å². The average Bonchev–Trinajstić information content (AvgIpc) is 2.27. The SMILES string of the molecule is COCCN(CCOC)C(=O)CC1(N)CCC1. The Bertz CT molecular complexity index is 234. The second kappa shape index (κ2) is 6.93. The molecular weight excluding hydrogens is 220 g/mol. The van der Waals surface area contributed by atoms with Crippen molar-refractivity contribution in [3.8, 4) is 0 Å². The van der Waals surface area contributed by atoms with Gasteiger partial charge < -0.3 is 20.1 Å². The van der Waals surface area contributed by atoms with Crippen molar-refractivity contribution in [3.63, 3.8) is 0 Å². The van der Waals surface area contributed by atoms with Crippen LogP contribution in [0.15, 0.2) is 0 Å². The zero-order valence-corrected chi connectivity index (χ0v) is 10.9. The summed E-state index contributed by atoms with van der Waals surface area (Å²) >= 11 is 0. The minimum absolute atomic E-state index is 0.112. The van der Waals surface area contributed by atoms with Gasteiger partial charge in [0.25, 0.3) is 0 Å². The topological polar surface area (TPSA) is 64.8 Å². The van der Waals surface area contributed by atoms with Gasteiger partial charge in [-0.2, -0.15) is 0 Å². The van der Waals surface area contributed by atoms with Gasteiger partial charge in [-0.05, 0) is 19.3 Å². The van der Waals surface area contributed by atoms with Crippen LogP contribution in [0, 0.1) is 0 Å². The highest BCUT2D eigenvalue weighted by molar-refractivity contribution is 5.77. The fraction of sp³-hybridized carbons (Fsp3) is 0.917. The van der Waals surface area contributed by atoms with Gasteiger partial charge in [0.1, 0.15) is 0 Å². The number of amides is 1. The fourth-order valence-electron chi connectivity index (χ4n) is 1.98. The maximum Gasteiger partial charge on any atom is 0.224 e. The van der Waals surface area contributed by atoms with Crippen LogP contribution in [0.1, 0.15) is 25.7 Å². The molecule has 0 aromatic carbocycles. The second-order valence-electron chi connectivity index (χ2n) is 4.76. The summed E-state index contributed by atoms with van der Waals surface area (Å²) in [6.45, 7) is 2.31. The van der Waals surface area contributed by atoms with E-state index >= 15 is 0 Å². The lowest BCUT2D eigenvalue weighted by atomic mass is 9.75. The third-order valence-electron chi connectivity index (χ3n) is 3.34. The van der Waals surface area contributed by atoms with Crippen molar-refractivity contribution in [2.75, 3.05) is 40.5 Å². The molecule has 0 heterocycles. The average molecular weight is 244 g/mol. The third-order valence-corrected chi connectivity index (χ3v) is 3.34. The van der Waals surface area contributed by atoms with E-state index in [1.165, 1.54) is 0 Å². The first-order valence-corrected chi connectivity index (χ1v) is 6.16. The van der Waals surface area contributed by atoms with E-state index in [0.717, 1.165) is 19.3 Å². The molecule has 5 nitrogen and oxygen atoms in total. The van der Waals surface area contributed by atoms with E-state index in [4.69, 9.17) is 15.2 Å². The number of nitrogens with two attached hydrogens (primary N) is 1. The number of hydrogen-bond donors (Lipinski definition) is 1. The van der Waals surface area contributed by atoms with Crippen molar-refractivity contribution in [3.05, 3.63) is 0 Å². The van der Waals surface area contributed by atoms with Gasteiger partial charge in [0, 0.05) is 39.3 Å². The highest BCUT2D eigenvalue weighted by Crippen LogP contribution is 2.32. The molecule has 17 heavy (non-hydrogen) atoms. The van der Waals surface area contributed by atoms with Crippen molar-refractivity contribution in [2.24, 2.45) is 5.73 Å². The molecule has 5 heteroatoms. The van der Waals surface area contributed by atoms with Crippen molar-refractivity contribution >= 4 is 5.91 Å². The monoisotopic (exact) mass is 244 g/mol. The summed E-state index contributed by atoms with van der Waals surface area (Å²) in [6.07, 6.45) is 3.50. The largest absolute Gasteiger partial charge is 0.383 e. The van der Waals surface area contributed by atoms with E-state index in [9.17, 15) is 4.79 Å². The van der Waals surface area contributed by atoms with E-state index in [-0.39, 0.29) is 11.4 Å². The van der Waals surface area contributed by atoms with Crippen molar-refractivity contribution in [1.29, 1.82) is 0 Å². The molecule has 0 aliphatic heterocycles. The Kier molecular flexibility index (Phi) is 5.88. The van der Waals surface area contributed by atoms with Gasteiger partial charge in [0.2, 0.25) is 5.91 Å². The molecule has 1 amide bonds. The predicted molar refractivity (Wildman–Crippen MR) is 65.7 cm³/mol. The Morgan fingerprint density at radius 2 is 1.76 bits per heavy atom. The zero-order chi connectivity index (χ0) is 12.7. The Morgan fingerprint density at radius 1 is 1.24 bits per heavy atom. The smallest absolute Gasteiger partial charge is 0.224 e. The van der Waals surface area contributed by atoms with E-state index in [1.54, 1.807) is 19.1 Å². The lowest BCUT2D eigenvalue weighted by Gasteiger charge is -2.39. The van der Waals surface area contributed by atoms with Crippen LogP contribution in [0.4, 0.5) is 0 Å². The summed E-state index contributed by atoms with van der Waals surface area (Å²) in [4.78, 5) is 13.9. The van der Waals surface area contributed by atoms with E-state index < -0.39 is 0 Å². The van der Waals surface area contributed by atoms with Crippen molar-refractivity contribution in [1.82, 2.24) is 4.90 Å². The Hall–Kier alpha value is -0.650. The Labute approximate surface area is 103 Å². The number of carbonyl (C=O) groups excluding carboxylic acids is 1. The molecule has 0 aromatic heterocycles. The first kappa shape index (κ1) is 14.4. The molecule has 1 fully saturated rings. The molecule has 100 valence electrons. The summed E-state index contributed by atoms with van der Waals surface area (Å²) in [5.41, 5.74) is 5.83. The molecule has 1 saturated carbocycles. The molecule has 1 aliphatic rings. The van der Waals surface area contributed by atoms with E-state index in [1.807, 2.05) is 0 Å². The van der Waals surface area contributed by atoms with Crippen LogP contribution in [-0.2, 0) is 14.3 Å². The van der Waals surface area contributed by atoms with Crippen LogP contribution < -0.4 is 5.73 Å². The number of rotatable bonds is 8. The normalized spacial score (nSPS) is 17.6. The second-order valence-corrected chi connectivity index (χ2v) is 4.76. The fourth-order valence-corrected chi connectivity index (χ4v) is 1.98. The maximum atomic E-state index is 12.1.